The molecule has 0 spiro atoms. The van der Waals surface area contributed by atoms with E-state index < -0.39 is 5.78 Å². The maximum Gasteiger partial charge on any atom is 0.213 e. The monoisotopic (exact) mass is 389 g/mol. The third-order valence-corrected chi connectivity index (χ3v) is 4.62. The van der Waals surface area contributed by atoms with E-state index >= 15 is 0 Å². The van der Waals surface area contributed by atoms with Crippen molar-refractivity contribution in [3.05, 3.63) is 59.8 Å². The molecule has 0 bridgehead atoms. The minimum absolute atomic E-state index is 0. The predicted molar refractivity (Wildman–Crippen MR) is 106 cm³/mol. The summed E-state index contributed by atoms with van der Waals surface area (Å²) in [6.07, 6.45) is 4.50. The van der Waals surface area contributed by atoms with Crippen molar-refractivity contribution in [2.45, 2.75) is 19.4 Å². The fraction of sp³-hybridized carbons (Fsp3) is 0.350. The summed E-state index contributed by atoms with van der Waals surface area (Å²) in [5, 5.41) is 11.1. The number of oxime groups is 1. The zero-order chi connectivity index (χ0) is 18.2. The lowest BCUT2D eigenvalue weighted by atomic mass is 9.97. The van der Waals surface area contributed by atoms with Gasteiger partial charge in [0.1, 0.15) is 6.21 Å². The first kappa shape index (κ1) is 20.9. The van der Waals surface area contributed by atoms with Gasteiger partial charge in [0.2, 0.25) is 11.7 Å². The number of hydrogen-bond donors (Lipinski definition) is 1. The van der Waals surface area contributed by atoms with E-state index in [1.54, 1.807) is 12.1 Å². The van der Waals surface area contributed by atoms with Gasteiger partial charge in [-0.15, -0.1) is 12.4 Å². The summed E-state index contributed by atoms with van der Waals surface area (Å²) in [5.74, 6) is 0.637. The first-order valence-electron chi connectivity index (χ1n) is 8.81. The molecule has 0 saturated carbocycles. The highest BCUT2D eigenvalue weighted by Gasteiger charge is 2.20. The van der Waals surface area contributed by atoms with Crippen LogP contribution in [0, 0.1) is 5.92 Å². The minimum Gasteiger partial charge on any atom is -0.477 e. The molecule has 0 unspecified atom stereocenters. The van der Waals surface area contributed by atoms with E-state index in [1.807, 2.05) is 6.07 Å². The second kappa shape index (κ2) is 10.6. The molecule has 144 valence electrons. The maximum atomic E-state index is 11.5. The van der Waals surface area contributed by atoms with Gasteiger partial charge in [-0.2, -0.15) is 0 Å². The highest BCUT2D eigenvalue weighted by molar-refractivity contribution is 6.35. The van der Waals surface area contributed by atoms with Crippen molar-refractivity contribution in [2.75, 3.05) is 19.7 Å². The van der Waals surface area contributed by atoms with Gasteiger partial charge < -0.3 is 9.94 Å². The van der Waals surface area contributed by atoms with Crippen molar-refractivity contribution in [3.63, 3.8) is 0 Å². The molecule has 0 aliphatic carbocycles. The number of halogens is 1. The third kappa shape index (κ3) is 6.34. The molecule has 0 amide bonds. The molecule has 1 aromatic carbocycles. The number of rotatable bonds is 7. The lowest BCUT2D eigenvalue weighted by molar-refractivity contribution is 0.106. The van der Waals surface area contributed by atoms with E-state index in [4.69, 9.17) is 9.94 Å². The molecule has 2 heterocycles. The number of ether oxygens (including phenoxy) is 1. The SMILES string of the molecule is Cl.O=C(/C=N/O)c1ccc(OCC2CCN(Cc3ccccc3)CC2)nc1. The largest absolute Gasteiger partial charge is 0.477 e. The summed E-state index contributed by atoms with van der Waals surface area (Å²) in [7, 11) is 0. The van der Waals surface area contributed by atoms with E-state index in [0.717, 1.165) is 38.7 Å². The smallest absolute Gasteiger partial charge is 0.213 e. The van der Waals surface area contributed by atoms with Crippen LogP contribution in [0.2, 0.25) is 0 Å². The van der Waals surface area contributed by atoms with Crippen molar-refractivity contribution in [1.29, 1.82) is 0 Å². The summed E-state index contributed by atoms with van der Waals surface area (Å²) in [5.41, 5.74) is 1.72. The number of likely N-dealkylation sites (tertiary alicyclic amines) is 1. The number of benzene rings is 1. The van der Waals surface area contributed by atoms with E-state index in [9.17, 15) is 4.79 Å². The number of piperidine rings is 1. The number of pyridine rings is 1. The number of carbonyl (C=O) groups is 1. The van der Waals surface area contributed by atoms with Crippen molar-refractivity contribution >= 4 is 24.4 Å². The van der Waals surface area contributed by atoms with Crippen molar-refractivity contribution in [2.24, 2.45) is 11.1 Å². The Morgan fingerprint density at radius 2 is 1.96 bits per heavy atom. The van der Waals surface area contributed by atoms with Gasteiger partial charge in [0.05, 0.1) is 6.61 Å². The first-order chi connectivity index (χ1) is 12.7. The Bertz CT molecular complexity index is 730. The summed E-state index contributed by atoms with van der Waals surface area (Å²) in [6, 6.07) is 13.8. The van der Waals surface area contributed by atoms with E-state index in [2.05, 4.69) is 39.3 Å². The number of hydrogen-bond acceptors (Lipinski definition) is 6. The molecule has 1 aromatic heterocycles. The van der Waals surface area contributed by atoms with Gasteiger partial charge >= 0.3 is 0 Å². The maximum absolute atomic E-state index is 11.5. The average Bonchev–Trinajstić information content (AvgIpc) is 2.69. The highest BCUT2D eigenvalue weighted by Crippen LogP contribution is 2.20. The number of carbonyl (C=O) groups excluding carboxylic acids is 1. The molecular weight excluding hydrogens is 366 g/mol. The van der Waals surface area contributed by atoms with Crippen LogP contribution >= 0.6 is 12.4 Å². The molecule has 1 aliphatic heterocycles. The summed E-state index contributed by atoms with van der Waals surface area (Å²) >= 11 is 0. The molecular formula is C20H24ClN3O3. The highest BCUT2D eigenvalue weighted by atomic mass is 35.5. The van der Waals surface area contributed by atoms with Gasteiger partial charge in [0, 0.05) is 24.4 Å². The Kier molecular flexibility index (Phi) is 8.23. The van der Waals surface area contributed by atoms with Crippen LogP contribution in [0.4, 0.5) is 0 Å². The van der Waals surface area contributed by atoms with Gasteiger partial charge in [-0.05, 0) is 43.5 Å². The van der Waals surface area contributed by atoms with Crippen LogP contribution in [0.25, 0.3) is 0 Å². The Hall–Kier alpha value is -2.44. The normalized spacial score (nSPS) is 15.4. The van der Waals surface area contributed by atoms with E-state index in [-0.39, 0.29) is 12.4 Å². The molecule has 1 aliphatic rings. The van der Waals surface area contributed by atoms with Gasteiger partial charge in [-0.3, -0.25) is 9.69 Å². The first-order valence-corrected chi connectivity index (χ1v) is 8.81. The van der Waals surface area contributed by atoms with Gasteiger partial charge in [0.15, 0.2) is 0 Å². The van der Waals surface area contributed by atoms with Crippen molar-refractivity contribution in [1.82, 2.24) is 9.88 Å². The van der Waals surface area contributed by atoms with Crippen molar-refractivity contribution < 1.29 is 14.7 Å². The van der Waals surface area contributed by atoms with Crippen LogP contribution in [-0.2, 0) is 6.54 Å². The second-order valence-corrected chi connectivity index (χ2v) is 6.51. The third-order valence-electron chi connectivity index (χ3n) is 4.62. The molecule has 1 fully saturated rings. The van der Waals surface area contributed by atoms with Crippen molar-refractivity contribution in [3.8, 4) is 5.88 Å². The topological polar surface area (TPSA) is 75.0 Å². The molecule has 1 saturated heterocycles. The summed E-state index contributed by atoms with van der Waals surface area (Å²) < 4.78 is 5.77. The molecule has 3 rings (SSSR count). The Morgan fingerprint density at radius 1 is 1.22 bits per heavy atom. The Labute approximate surface area is 165 Å². The van der Waals surface area contributed by atoms with Crippen LogP contribution in [0.5, 0.6) is 5.88 Å². The number of nitrogens with zero attached hydrogens (tertiary/aromatic N) is 3. The van der Waals surface area contributed by atoms with Crippen LogP contribution in [0.15, 0.2) is 53.8 Å². The van der Waals surface area contributed by atoms with E-state index in [1.165, 1.54) is 11.8 Å². The van der Waals surface area contributed by atoms with Gasteiger partial charge in [0.25, 0.3) is 0 Å². The lowest BCUT2D eigenvalue weighted by Gasteiger charge is -2.31. The zero-order valence-corrected chi connectivity index (χ0v) is 15.8. The van der Waals surface area contributed by atoms with Gasteiger partial charge in [-0.25, -0.2) is 4.98 Å². The van der Waals surface area contributed by atoms with Crippen LogP contribution < -0.4 is 4.74 Å². The molecule has 6 nitrogen and oxygen atoms in total. The van der Waals surface area contributed by atoms with Crippen LogP contribution in [0.1, 0.15) is 28.8 Å². The predicted octanol–water partition coefficient (Wildman–Crippen LogP) is 3.44. The van der Waals surface area contributed by atoms with Crippen LogP contribution in [-0.4, -0.2) is 46.8 Å². The molecule has 1 N–H and O–H groups in total. The summed E-state index contributed by atoms with van der Waals surface area (Å²) in [6.45, 7) is 3.79. The lowest BCUT2D eigenvalue weighted by Crippen LogP contribution is -2.35. The van der Waals surface area contributed by atoms with E-state index in [0.29, 0.717) is 24.0 Å². The standard InChI is InChI=1S/C20H23N3O3.ClH/c24-19(13-22-25)18-6-7-20(21-12-18)26-15-17-8-10-23(11-9-17)14-16-4-2-1-3-5-16;/h1-7,12-13,17,25H,8-11,14-15H2;1H/b22-13+;. The minimum atomic E-state index is -0.391. The number of Topliss-reactive ketones (excluding diaryl/α,β-unsaturated/α-hetero) is 1. The number of aromatic nitrogens is 1. The summed E-state index contributed by atoms with van der Waals surface area (Å²) in [4.78, 5) is 18.1. The fourth-order valence-electron chi connectivity index (χ4n) is 3.09. The second-order valence-electron chi connectivity index (χ2n) is 6.51. The molecule has 27 heavy (non-hydrogen) atoms. The average molecular weight is 390 g/mol. The zero-order valence-electron chi connectivity index (χ0n) is 15.0. The molecule has 2 aromatic rings. The fourth-order valence-corrected chi connectivity index (χ4v) is 3.09. The Balaban J connectivity index is 0.00000261. The molecule has 0 atom stereocenters. The van der Waals surface area contributed by atoms with Crippen LogP contribution in [0.3, 0.4) is 0 Å². The Morgan fingerprint density at radius 3 is 2.59 bits per heavy atom. The quantitative estimate of drug-likeness (QED) is 0.340. The van der Waals surface area contributed by atoms with Gasteiger partial charge in [-0.1, -0.05) is 35.5 Å². The molecule has 7 heteroatoms. The number of ketones is 1. The molecule has 0 radical (unpaired) electrons.